The summed E-state index contributed by atoms with van der Waals surface area (Å²) in [5.74, 6) is 0.349. The van der Waals surface area contributed by atoms with Gasteiger partial charge in [-0.2, -0.15) is 0 Å². The number of hydrogen-bond acceptors (Lipinski definition) is 2. The molecule has 0 aliphatic heterocycles. The first-order valence-corrected chi connectivity index (χ1v) is 4.92. The number of halogens is 1. The molecule has 0 aliphatic carbocycles. The number of imidazole rings is 1. The van der Waals surface area contributed by atoms with Gasteiger partial charge in [-0.15, -0.1) is 0 Å². The van der Waals surface area contributed by atoms with Crippen LogP contribution in [0.3, 0.4) is 0 Å². The van der Waals surface area contributed by atoms with Crippen LogP contribution in [0.5, 0.6) is 0 Å². The molecule has 4 heteroatoms. The number of benzene rings is 1. The lowest BCUT2D eigenvalue weighted by Crippen LogP contribution is -1.99. The normalized spacial score (nSPS) is 11.5. The molecule has 0 atom stereocenters. The van der Waals surface area contributed by atoms with Crippen LogP contribution in [-0.4, -0.2) is 9.55 Å². The van der Waals surface area contributed by atoms with Crippen molar-refractivity contribution in [2.45, 2.75) is 19.8 Å². The fourth-order valence-electron chi connectivity index (χ4n) is 1.80. The molecule has 1 aromatic carbocycles. The van der Waals surface area contributed by atoms with Gasteiger partial charge in [0.05, 0.1) is 5.52 Å². The Hall–Kier alpha value is -1.58. The lowest BCUT2D eigenvalue weighted by atomic mass is 10.0. The maximum atomic E-state index is 13.5. The van der Waals surface area contributed by atoms with E-state index >= 15 is 0 Å². The summed E-state index contributed by atoms with van der Waals surface area (Å²) in [6, 6.07) is 3.24. The fraction of sp³-hybridized carbons (Fsp3) is 0.364. The van der Waals surface area contributed by atoms with Gasteiger partial charge in [-0.3, -0.25) is 0 Å². The number of rotatable bonds is 1. The second kappa shape index (κ2) is 3.22. The van der Waals surface area contributed by atoms with Gasteiger partial charge in [0.1, 0.15) is 5.52 Å². The second-order valence-electron chi connectivity index (χ2n) is 4.02. The molecule has 1 heterocycles. The number of anilines is 1. The first kappa shape index (κ1) is 9.96. The van der Waals surface area contributed by atoms with Crippen LogP contribution in [0.1, 0.15) is 25.3 Å². The van der Waals surface area contributed by atoms with Crippen molar-refractivity contribution in [3.63, 3.8) is 0 Å². The van der Waals surface area contributed by atoms with Crippen LogP contribution in [-0.2, 0) is 7.05 Å². The minimum Gasteiger partial charge on any atom is -0.369 e. The monoisotopic (exact) mass is 207 g/mol. The van der Waals surface area contributed by atoms with Gasteiger partial charge in [0.15, 0.2) is 5.82 Å². The Bertz CT molecular complexity index is 514. The number of nitrogens with zero attached hydrogens (tertiary/aromatic N) is 2. The van der Waals surface area contributed by atoms with Crippen LogP contribution in [0.2, 0.25) is 0 Å². The molecule has 0 spiro atoms. The molecule has 0 radical (unpaired) electrons. The van der Waals surface area contributed by atoms with Gasteiger partial charge in [-0.25, -0.2) is 9.37 Å². The van der Waals surface area contributed by atoms with Crippen LogP contribution < -0.4 is 5.73 Å². The van der Waals surface area contributed by atoms with Crippen LogP contribution in [0.4, 0.5) is 10.3 Å². The molecule has 0 fully saturated rings. The lowest BCUT2D eigenvalue weighted by molar-refractivity contribution is 0.636. The summed E-state index contributed by atoms with van der Waals surface area (Å²) in [5.41, 5.74) is 7.90. The molecule has 0 aliphatic rings. The van der Waals surface area contributed by atoms with Crippen molar-refractivity contribution in [2.75, 3.05) is 5.73 Å². The summed E-state index contributed by atoms with van der Waals surface area (Å²) in [6.07, 6.45) is 0. The summed E-state index contributed by atoms with van der Waals surface area (Å²) in [7, 11) is 1.80. The Kier molecular flexibility index (Phi) is 2.14. The van der Waals surface area contributed by atoms with Gasteiger partial charge in [0, 0.05) is 7.05 Å². The highest BCUT2D eigenvalue weighted by Crippen LogP contribution is 2.28. The van der Waals surface area contributed by atoms with Gasteiger partial charge in [0.25, 0.3) is 0 Å². The number of fused-ring (bicyclic) bond motifs is 1. The Balaban J connectivity index is 2.90. The maximum Gasteiger partial charge on any atom is 0.201 e. The third-order valence-electron chi connectivity index (χ3n) is 2.66. The van der Waals surface area contributed by atoms with Crippen LogP contribution >= 0.6 is 0 Å². The smallest absolute Gasteiger partial charge is 0.201 e. The van der Waals surface area contributed by atoms with Gasteiger partial charge in [-0.05, 0) is 17.5 Å². The van der Waals surface area contributed by atoms with E-state index in [1.54, 1.807) is 17.7 Å². The number of aromatic nitrogens is 2. The zero-order valence-electron chi connectivity index (χ0n) is 9.08. The molecule has 0 amide bonds. The summed E-state index contributed by atoms with van der Waals surface area (Å²) in [6.45, 7) is 4.13. The maximum absolute atomic E-state index is 13.5. The third-order valence-corrected chi connectivity index (χ3v) is 2.66. The van der Waals surface area contributed by atoms with Crippen molar-refractivity contribution in [3.8, 4) is 0 Å². The molecule has 0 saturated carbocycles. The van der Waals surface area contributed by atoms with Crippen molar-refractivity contribution in [1.82, 2.24) is 9.55 Å². The number of nitrogens with two attached hydrogens (primary N) is 1. The molecule has 2 N–H and O–H groups in total. The summed E-state index contributed by atoms with van der Waals surface area (Å²) in [4.78, 5) is 4.02. The van der Waals surface area contributed by atoms with Crippen molar-refractivity contribution in [3.05, 3.63) is 23.5 Å². The zero-order valence-corrected chi connectivity index (χ0v) is 9.08. The molecule has 0 saturated heterocycles. The molecule has 0 unspecified atom stereocenters. The van der Waals surface area contributed by atoms with E-state index in [1.807, 2.05) is 0 Å². The Morgan fingerprint density at radius 1 is 1.40 bits per heavy atom. The van der Waals surface area contributed by atoms with Gasteiger partial charge in [-0.1, -0.05) is 19.9 Å². The number of aryl methyl sites for hydroxylation is 1. The molecule has 3 nitrogen and oxygen atoms in total. The SMILES string of the molecule is CC(C)c1ccc(F)c2nc(N)n(C)c12. The topological polar surface area (TPSA) is 43.8 Å². The lowest BCUT2D eigenvalue weighted by Gasteiger charge is -2.08. The third kappa shape index (κ3) is 1.37. The molecule has 2 aromatic rings. The summed E-state index contributed by atoms with van der Waals surface area (Å²) >= 11 is 0. The van der Waals surface area contributed by atoms with E-state index in [-0.39, 0.29) is 5.82 Å². The Morgan fingerprint density at radius 2 is 2.07 bits per heavy atom. The predicted octanol–water partition coefficient (Wildman–Crippen LogP) is 2.42. The largest absolute Gasteiger partial charge is 0.369 e. The van der Waals surface area contributed by atoms with Gasteiger partial charge >= 0.3 is 0 Å². The summed E-state index contributed by atoms with van der Waals surface area (Å²) < 4.78 is 15.2. The molecule has 80 valence electrons. The van der Waals surface area contributed by atoms with Crippen molar-refractivity contribution in [1.29, 1.82) is 0 Å². The Labute approximate surface area is 87.7 Å². The molecular formula is C11H14FN3. The van der Waals surface area contributed by atoms with E-state index < -0.39 is 0 Å². The number of hydrogen-bond donors (Lipinski definition) is 1. The van der Waals surface area contributed by atoms with E-state index in [0.717, 1.165) is 11.1 Å². The molecule has 1 aromatic heterocycles. The molecule has 15 heavy (non-hydrogen) atoms. The fourth-order valence-corrected chi connectivity index (χ4v) is 1.80. The van der Waals surface area contributed by atoms with E-state index in [4.69, 9.17) is 5.73 Å². The van der Waals surface area contributed by atoms with E-state index in [9.17, 15) is 4.39 Å². The average molecular weight is 207 g/mol. The quantitative estimate of drug-likeness (QED) is 0.780. The van der Waals surface area contributed by atoms with E-state index in [0.29, 0.717) is 17.4 Å². The first-order chi connectivity index (χ1) is 7.02. The van der Waals surface area contributed by atoms with Crippen molar-refractivity contribution in [2.24, 2.45) is 7.05 Å². The molecule has 2 rings (SSSR count). The van der Waals surface area contributed by atoms with Gasteiger partial charge in [0.2, 0.25) is 5.95 Å². The molecule has 0 bridgehead atoms. The average Bonchev–Trinajstić information content (AvgIpc) is 2.46. The highest BCUT2D eigenvalue weighted by atomic mass is 19.1. The summed E-state index contributed by atoms with van der Waals surface area (Å²) in [5, 5.41) is 0. The highest BCUT2D eigenvalue weighted by Gasteiger charge is 2.15. The molecular weight excluding hydrogens is 193 g/mol. The van der Waals surface area contributed by atoms with Crippen molar-refractivity contribution < 1.29 is 4.39 Å². The minimum atomic E-state index is -0.318. The first-order valence-electron chi connectivity index (χ1n) is 4.92. The minimum absolute atomic E-state index is 0.318. The number of nitrogen functional groups attached to an aromatic ring is 1. The standard InChI is InChI=1S/C11H14FN3/c1-6(2)7-4-5-8(12)9-10(7)15(3)11(13)14-9/h4-6H,1-3H3,(H2,13,14). The second-order valence-corrected chi connectivity index (χ2v) is 4.02. The highest BCUT2D eigenvalue weighted by molar-refractivity contribution is 5.82. The van der Waals surface area contributed by atoms with Crippen LogP contribution in [0.15, 0.2) is 12.1 Å². The van der Waals surface area contributed by atoms with Crippen LogP contribution in [0, 0.1) is 5.82 Å². The Morgan fingerprint density at radius 3 is 2.67 bits per heavy atom. The van der Waals surface area contributed by atoms with E-state index in [1.165, 1.54) is 6.07 Å². The predicted molar refractivity (Wildman–Crippen MR) is 59.2 cm³/mol. The zero-order chi connectivity index (χ0) is 11.2. The van der Waals surface area contributed by atoms with Crippen molar-refractivity contribution >= 4 is 17.0 Å². The van der Waals surface area contributed by atoms with Gasteiger partial charge < -0.3 is 10.3 Å². The van der Waals surface area contributed by atoms with E-state index in [2.05, 4.69) is 18.8 Å². The van der Waals surface area contributed by atoms with Crippen LogP contribution in [0.25, 0.3) is 11.0 Å².